The van der Waals surface area contributed by atoms with Crippen molar-refractivity contribution in [2.45, 2.75) is 46.1 Å². The summed E-state index contributed by atoms with van der Waals surface area (Å²) in [6.07, 6.45) is 0.919. The van der Waals surface area contributed by atoms with E-state index in [4.69, 9.17) is 4.74 Å². The van der Waals surface area contributed by atoms with Crippen LogP contribution in [0.1, 0.15) is 44.8 Å². The zero-order chi connectivity index (χ0) is 13.6. The third-order valence-corrected chi connectivity index (χ3v) is 3.64. The summed E-state index contributed by atoms with van der Waals surface area (Å²) < 4.78 is 5.87. The van der Waals surface area contributed by atoms with Gasteiger partial charge in [0, 0.05) is 12.0 Å². The highest BCUT2D eigenvalue weighted by Crippen LogP contribution is 2.38. The van der Waals surface area contributed by atoms with Crippen LogP contribution >= 0.6 is 0 Å². The highest BCUT2D eigenvalue weighted by Gasteiger charge is 2.23. The quantitative estimate of drug-likeness (QED) is 0.842. The first kappa shape index (κ1) is 12.3. The number of ether oxygens (including phenoxy) is 1. The molecule has 1 aliphatic rings. The predicted molar refractivity (Wildman–Crippen MR) is 76.4 cm³/mol. The molecule has 0 bridgehead atoms. The largest absolute Gasteiger partial charge is 0.487 e. The fourth-order valence-electron chi connectivity index (χ4n) is 2.41. The van der Waals surface area contributed by atoms with Crippen LogP contribution in [0.4, 0.5) is 0 Å². The summed E-state index contributed by atoms with van der Waals surface area (Å²) in [6.45, 7) is 9.34. The number of aromatic amines is 1. The first-order valence-corrected chi connectivity index (χ1v) is 6.84. The Morgan fingerprint density at radius 3 is 2.79 bits per heavy atom. The number of benzene rings is 1. The minimum Gasteiger partial charge on any atom is -0.487 e. The van der Waals surface area contributed by atoms with Gasteiger partial charge in [0.05, 0.1) is 11.4 Å². The number of hydrogen-bond acceptors (Lipinski definition) is 2. The third-order valence-electron chi connectivity index (χ3n) is 3.64. The van der Waals surface area contributed by atoms with E-state index < -0.39 is 0 Å². The molecule has 2 aromatic rings. The monoisotopic (exact) mass is 256 g/mol. The highest BCUT2D eigenvalue weighted by atomic mass is 16.5. The van der Waals surface area contributed by atoms with E-state index in [-0.39, 0.29) is 5.41 Å². The van der Waals surface area contributed by atoms with Crippen molar-refractivity contribution >= 4 is 0 Å². The second-order valence-corrected chi connectivity index (χ2v) is 6.11. The highest BCUT2D eigenvalue weighted by molar-refractivity contribution is 5.71. The Kier molecular flexibility index (Phi) is 2.66. The molecule has 1 N–H and O–H groups in total. The van der Waals surface area contributed by atoms with Gasteiger partial charge in [-0.3, -0.25) is 0 Å². The van der Waals surface area contributed by atoms with Gasteiger partial charge in [0.2, 0.25) is 0 Å². The van der Waals surface area contributed by atoms with Crippen molar-refractivity contribution in [3.8, 4) is 17.0 Å². The number of nitrogens with zero attached hydrogens (tertiary/aromatic N) is 1. The first-order valence-electron chi connectivity index (χ1n) is 6.84. The number of hydrogen-bond donors (Lipinski definition) is 1. The average Bonchev–Trinajstić information content (AvgIpc) is 2.80. The van der Waals surface area contributed by atoms with E-state index in [0.717, 1.165) is 34.9 Å². The Bertz CT molecular complexity index is 620. The number of H-pyrrole nitrogens is 1. The maximum Gasteiger partial charge on any atom is 0.130 e. The van der Waals surface area contributed by atoms with Gasteiger partial charge < -0.3 is 9.72 Å². The molecule has 0 unspecified atom stereocenters. The molecule has 0 saturated carbocycles. The minimum atomic E-state index is 0.138. The smallest absolute Gasteiger partial charge is 0.130 e. The van der Waals surface area contributed by atoms with Crippen molar-refractivity contribution in [2.75, 3.05) is 0 Å². The zero-order valence-electron chi connectivity index (χ0n) is 12.0. The molecule has 3 nitrogen and oxygen atoms in total. The Balaban J connectivity index is 2.10. The van der Waals surface area contributed by atoms with Gasteiger partial charge in [0.15, 0.2) is 0 Å². The number of rotatable bonds is 1. The van der Waals surface area contributed by atoms with Crippen LogP contribution in [-0.4, -0.2) is 9.97 Å². The van der Waals surface area contributed by atoms with Gasteiger partial charge in [-0.2, -0.15) is 0 Å². The minimum absolute atomic E-state index is 0.138. The SMILES string of the molecule is CCc1nc2c([nH]1)COc1cc(C(C)(C)C)ccc1-2. The van der Waals surface area contributed by atoms with Gasteiger partial charge in [-0.1, -0.05) is 33.8 Å². The molecule has 1 aliphatic heterocycles. The third kappa shape index (κ3) is 2.03. The maximum atomic E-state index is 5.87. The van der Waals surface area contributed by atoms with Crippen LogP contribution in [0, 0.1) is 0 Å². The summed E-state index contributed by atoms with van der Waals surface area (Å²) in [5.74, 6) is 1.98. The summed E-state index contributed by atoms with van der Waals surface area (Å²) in [4.78, 5) is 8.00. The van der Waals surface area contributed by atoms with Crippen molar-refractivity contribution in [1.29, 1.82) is 0 Å². The Morgan fingerprint density at radius 2 is 2.11 bits per heavy atom. The molecule has 0 radical (unpaired) electrons. The molecule has 3 heteroatoms. The molecule has 1 aromatic heterocycles. The van der Waals surface area contributed by atoms with E-state index in [2.05, 4.69) is 55.9 Å². The second-order valence-electron chi connectivity index (χ2n) is 6.11. The Hall–Kier alpha value is -1.77. The van der Waals surface area contributed by atoms with E-state index in [9.17, 15) is 0 Å². The molecule has 1 aromatic carbocycles. The molecule has 0 atom stereocenters. The van der Waals surface area contributed by atoms with E-state index in [1.807, 2.05) is 0 Å². The van der Waals surface area contributed by atoms with Gasteiger partial charge in [0.1, 0.15) is 18.2 Å². The summed E-state index contributed by atoms with van der Waals surface area (Å²) in [6, 6.07) is 6.46. The van der Waals surface area contributed by atoms with Crippen molar-refractivity contribution in [3.63, 3.8) is 0 Å². The van der Waals surface area contributed by atoms with E-state index in [0.29, 0.717) is 6.61 Å². The second kappa shape index (κ2) is 4.12. The summed E-state index contributed by atoms with van der Waals surface area (Å²) in [7, 11) is 0. The van der Waals surface area contributed by atoms with E-state index >= 15 is 0 Å². The Morgan fingerprint density at radius 1 is 1.32 bits per heavy atom. The number of aryl methyl sites for hydroxylation is 1. The van der Waals surface area contributed by atoms with Crippen molar-refractivity contribution in [2.24, 2.45) is 0 Å². The lowest BCUT2D eigenvalue weighted by atomic mass is 9.86. The first-order chi connectivity index (χ1) is 8.99. The molecule has 0 aliphatic carbocycles. The van der Waals surface area contributed by atoms with Crippen LogP contribution < -0.4 is 4.74 Å². The van der Waals surface area contributed by atoms with E-state index in [1.54, 1.807) is 0 Å². The fraction of sp³-hybridized carbons (Fsp3) is 0.438. The maximum absolute atomic E-state index is 5.87. The number of aromatic nitrogens is 2. The molecular weight excluding hydrogens is 236 g/mol. The van der Waals surface area contributed by atoms with Gasteiger partial charge in [-0.05, 0) is 23.1 Å². The fourth-order valence-corrected chi connectivity index (χ4v) is 2.41. The molecule has 0 spiro atoms. The molecule has 2 heterocycles. The van der Waals surface area contributed by atoms with E-state index in [1.165, 1.54) is 5.56 Å². The molecule has 0 fully saturated rings. The number of imidazole rings is 1. The standard InChI is InChI=1S/C16H20N2O/c1-5-14-17-12-9-19-13-8-10(16(2,3)4)6-7-11(13)15(12)18-14/h6-8H,5,9H2,1-4H3,(H,17,18). The van der Waals surface area contributed by atoms with Gasteiger partial charge in [-0.25, -0.2) is 4.98 Å². The summed E-state index contributed by atoms with van der Waals surface area (Å²) >= 11 is 0. The van der Waals surface area contributed by atoms with Crippen LogP contribution in [0.5, 0.6) is 5.75 Å². The molecular formula is C16H20N2O. The normalized spacial score (nSPS) is 13.7. The zero-order valence-corrected chi connectivity index (χ0v) is 12.0. The summed E-state index contributed by atoms with van der Waals surface area (Å²) in [5.41, 5.74) is 4.68. The van der Waals surface area contributed by atoms with Crippen LogP contribution in [0.15, 0.2) is 18.2 Å². The lowest BCUT2D eigenvalue weighted by Gasteiger charge is -2.23. The van der Waals surface area contributed by atoms with Crippen LogP contribution in [0.2, 0.25) is 0 Å². The molecule has 0 amide bonds. The molecule has 3 rings (SSSR count). The predicted octanol–water partition coefficient (Wildman–Crippen LogP) is 3.83. The van der Waals surface area contributed by atoms with Crippen molar-refractivity contribution in [3.05, 3.63) is 35.3 Å². The average molecular weight is 256 g/mol. The van der Waals surface area contributed by atoms with Crippen LogP contribution in [0.25, 0.3) is 11.3 Å². The van der Waals surface area contributed by atoms with Crippen LogP contribution in [0.3, 0.4) is 0 Å². The van der Waals surface area contributed by atoms with Gasteiger partial charge in [0.25, 0.3) is 0 Å². The number of fused-ring (bicyclic) bond motifs is 3. The topological polar surface area (TPSA) is 37.9 Å². The van der Waals surface area contributed by atoms with Gasteiger partial charge in [-0.15, -0.1) is 0 Å². The van der Waals surface area contributed by atoms with Crippen molar-refractivity contribution in [1.82, 2.24) is 9.97 Å². The lowest BCUT2D eigenvalue weighted by Crippen LogP contribution is -2.12. The summed E-state index contributed by atoms with van der Waals surface area (Å²) in [5, 5.41) is 0. The molecule has 0 saturated heterocycles. The van der Waals surface area contributed by atoms with Crippen molar-refractivity contribution < 1.29 is 4.74 Å². The number of nitrogens with one attached hydrogen (secondary N) is 1. The van der Waals surface area contributed by atoms with Crippen LogP contribution in [-0.2, 0) is 18.4 Å². The van der Waals surface area contributed by atoms with Gasteiger partial charge >= 0.3 is 0 Å². The Labute approximate surface area is 114 Å². The lowest BCUT2D eigenvalue weighted by molar-refractivity contribution is 0.297. The molecule has 19 heavy (non-hydrogen) atoms. The molecule has 100 valence electrons.